The van der Waals surface area contributed by atoms with E-state index in [9.17, 15) is 19.2 Å². The van der Waals surface area contributed by atoms with E-state index in [4.69, 9.17) is 54.3 Å². The zero-order chi connectivity index (χ0) is 60.7. The fourth-order valence-electron chi connectivity index (χ4n) is 7.32. The van der Waals surface area contributed by atoms with Crippen molar-refractivity contribution >= 4 is 64.2 Å². The molecule has 18 heteroatoms. The van der Waals surface area contributed by atoms with Gasteiger partial charge >= 0.3 is 103 Å². The predicted octanol–water partition coefficient (Wildman–Crippen LogP) is 8.12. The molecule has 0 aliphatic rings. The van der Waals surface area contributed by atoms with Crippen LogP contribution in [-0.2, 0) is 9.68 Å². The summed E-state index contributed by atoms with van der Waals surface area (Å²) in [5.41, 5.74) is 19.0. The van der Waals surface area contributed by atoms with Gasteiger partial charge < -0.3 is 21.0 Å². The number of carbonyl (C=O) groups excluding carboxylic acids is 5. The molecule has 0 heterocycles. The van der Waals surface area contributed by atoms with Crippen molar-refractivity contribution in [1.82, 2.24) is 21.3 Å². The molecule has 0 saturated carbocycles. The van der Waals surface area contributed by atoms with Crippen LogP contribution in [0.3, 0.4) is 0 Å². The van der Waals surface area contributed by atoms with Gasteiger partial charge in [0, 0.05) is 39.4 Å². The minimum absolute atomic E-state index is 0. The second-order valence-electron chi connectivity index (χ2n) is 23.2. The fraction of sp³-hybridized carbons (Fsp3) is 0.468. The quantitative estimate of drug-likeness (QED) is 0.0239. The van der Waals surface area contributed by atoms with Crippen LogP contribution in [0.1, 0.15) is 173 Å². The maximum Gasteiger partial charge on any atom is 1.00 e. The molecule has 0 fully saturated rings. The van der Waals surface area contributed by atoms with Gasteiger partial charge in [-0.05, 0) is 137 Å². The Kier molecular flexibility index (Phi) is 39.4. The normalized spacial score (nSPS) is 12.1. The molecule has 0 radical (unpaired) electrons. The third-order valence-corrected chi connectivity index (χ3v) is 12.7. The summed E-state index contributed by atoms with van der Waals surface area (Å²) in [7, 11) is 3.19. The van der Waals surface area contributed by atoms with Crippen molar-refractivity contribution in [2.75, 3.05) is 19.6 Å². The number of rotatable bonds is 12. The average Bonchev–Trinajstić information content (AvgIpc) is 3.32. The Morgan fingerprint density at radius 2 is 0.988 bits per heavy atom. The number of hydrogen-bond acceptors (Lipinski definition) is 10. The molecule has 4 aromatic carbocycles. The number of benzene rings is 4. The number of nitrogens with one attached hydrogen (secondary N) is 3. The van der Waals surface area contributed by atoms with Crippen LogP contribution >= 0.6 is 34.8 Å². The van der Waals surface area contributed by atoms with E-state index in [2.05, 4.69) is 130 Å². The fourth-order valence-corrected chi connectivity index (χ4v) is 7.43. The molecule has 4 rings (SSSR count). The number of hydrogen-bond donors (Lipinski definition) is 3. The Balaban J connectivity index is -0.000000559. The predicted molar refractivity (Wildman–Crippen MR) is 319 cm³/mol. The number of carbonyl (C=O) groups is 5. The molecule has 0 aliphatic heterocycles. The molecular formula is C62H89Cl3K2N4O9. The third-order valence-electron chi connectivity index (χ3n) is 12.5. The summed E-state index contributed by atoms with van der Waals surface area (Å²) < 4.78 is 10.7. The molecule has 2 unspecified atom stereocenters. The first kappa shape index (κ1) is 81.8. The Morgan fingerprint density at radius 3 is 1.31 bits per heavy atom. The number of nitrogens with zero attached hydrogens (tertiary/aromatic N) is 1. The van der Waals surface area contributed by atoms with Crippen LogP contribution in [0, 0.1) is 63.2 Å². The molecule has 0 saturated heterocycles. The van der Waals surface area contributed by atoms with Crippen molar-refractivity contribution in [2.45, 2.75) is 151 Å². The van der Waals surface area contributed by atoms with Gasteiger partial charge in [0.15, 0.2) is 0 Å². The Hall–Kier alpha value is -2.43. The topological polar surface area (TPSA) is 175 Å². The number of methoxy groups -OCH3 is 2. The second-order valence-corrected chi connectivity index (χ2v) is 24.3. The number of ether oxygens (including phenoxy) is 2. The van der Waals surface area contributed by atoms with Crippen molar-refractivity contribution in [2.24, 2.45) is 21.7 Å². The SMILES string of the molecule is COc1cccc(C(=O)NN(C(=O)c2cc(C)cc(C)c2)C(/C=C(\C)C(C)(C)C)C(C)(C)C)c1C.COc1cccc(C(=O)NNC(/C=C(\C)C(C)(C)C)C(C)(C)C)c1C.Cc1cc(C)cc(C(=O)Cl)c1.ClCCl.O=CO[O-].[H-].[K+].[K+]. The largest absolute Gasteiger partial charge is 1.00 e. The maximum atomic E-state index is 14.0. The van der Waals surface area contributed by atoms with Gasteiger partial charge in [-0.2, -0.15) is 0 Å². The minimum Gasteiger partial charge on any atom is -1.00 e. The van der Waals surface area contributed by atoms with Crippen LogP contribution in [0.25, 0.3) is 0 Å². The first-order valence-electron chi connectivity index (χ1n) is 25.4. The van der Waals surface area contributed by atoms with Crippen molar-refractivity contribution in [3.05, 3.63) is 152 Å². The van der Waals surface area contributed by atoms with Crippen LogP contribution < -0.4 is 134 Å². The molecular weight excluding hydrogens is 1130 g/mol. The van der Waals surface area contributed by atoms with Gasteiger partial charge in [-0.1, -0.05) is 153 Å². The molecule has 13 nitrogen and oxygen atoms in total. The summed E-state index contributed by atoms with van der Waals surface area (Å²) >= 11 is 14.8. The van der Waals surface area contributed by atoms with Gasteiger partial charge in [0.1, 0.15) is 11.5 Å². The zero-order valence-electron chi connectivity index (χ0n) is 53.3. The summed E-state index contributed by atoms with van der Waals surface area (Å²) in [4.78, 5) is 62.1. The van der Waals surface area contributed by atoms with E-state index < -0.39 is 5.24 Å². The minimum atomic E-state index is -0.392. The summed E-state index contributed by atoms with van der Waals surface area (Å²) in [6.45, 7) is 41.3. The smallest absolute Gasteiger partial charge is 1.00 e. The average molecular weight is 1220 g/mol. The Morgan fingerprint density at radius 1 is 0.625 bits per heavy atom. The Labute approximate surface area is 581 Å². The van der Waals surface area contributed by atoms with E-state index in [1.165, 1.54) is 10.6 Å². The van der Waals surface area contributed by atoms with Gasteiger partial charge in [0.25, 0.3) is 29.4 Å². The number of halogens is 3. The van der Waals surface area contributed by atoms with E-state index in [-0.39, 0.29) is 167 Å². The maximum absolute atomic E-state index is 14.0. The summed E-state index contributed by atoms with van der Waals surface area (Å²) in [5.74, 6) is 0.579. The van der Waals surface area contributed by atoms with E-state index in [0.29, 0.717) is 33.8 Å². The van der Waals surface area contributed by atoms with Crippen LogP contribution in [0.15, 0.2) is 96.1 Å². The molecule has 3 N–H and O–H groups in total. The van der Waals surface area contributed by atoms with E-state index in [1.807, 2.05) is 84.0 Å². The standard InChI is InChI=1S/C30H42N2O3.C21H34N2O2.C9H9ClO.CH2Cl2.CH2O3.2K.H/c1-19-15-20(2)17-23(16-19)28(34)32(26(30(8,9)10)18-21(3)29(5,6)7)31-27(33)24-13-12-14-25(35-11)22(24)4;1-14(20(3,4)5)13-18(21(6,7)8)22-23-19(24)16-11-10-12-17(25-9)15(16)2;1-6-3-7(2)5-8(4-6)9(10)11;2-1-3;2-1-4-3;;;/h12-18,26H,1-11H3,(H,31,33);10-13,18,22H,1-9H3,(H,23,24);3-5H,1-2H3;1H2;1,3H;;;/q;;;;;2*+1;-1/p-1/b21-18+;14-13+;;;;;;. The van der Waals surface area contributed by atoms with Crippen molar-refractivity contribution < 1.29 is 148 Å². The van der Waals surface area contributed by atoms with E-state index >= 15 is 0 Å². The summed E-state index contributed by atoms with van der Waals surface area (Å²) in [6, 6.07) is 21.8. The molecule has 434 valence electrons. The molecule has 4 aromatic rings. The van der Waals surface area contributed by atoms with Gasteiger partial charge in [-0.15, -0.1) is 23.2 Å². The number of hydrazine groups is 2. The first-order valence-corrected chi connectivity index (χ1v) is 26.9. The molecule has 3 amide bonds. The molecule has 2 atom stereocenters. The molecule has 0 bridgehead atoms. The van der Waals surface area contributed by atoms with Crippen LogP contribution in [-0.4, -0.2) is 66.1 Å². The molecule has 0 spiro atoms. The molecule has 80 heavy (non-hydrogen) atoms. The van der Waals surface area contributed by atoms with E-state index in [1.54, 1.807) is 44.6 Å². The third kappa shape index (κ3) is 29.4. The number of alkyl halides is 2. The summed E-state index contributed by atoms with van der Waals surface area (Å²) in [6.07, 6.45) is 4.32. The van der Waals surface area contributed by atoms with Crippen LogP contribution in [0.2, 0.25) is 0 Å². The van der Waals surface area contributed by atoms with Crippen molar-refractivity contribution in [1.29, 1.82) is 0 Å². The first-order chi connectivity index (χ1) is 35.9. The second kappa shape index (κ2) is 38.5. The van der Waals surface area contributed by atoms with Gasteiger partial charge in [-0.3, -0.25) is 34.8 Å². The van der Waals surface area contributed by atoms with Crippen molar-refractivity contribution in [3.8, 4) is 11.5 Å². The number of aryl methyl sites for hydroxylation is 4. The van der Waals surface area contributed by atoms with Gasteiger partial charge in [0.05, 0.1) is 25.6 Å². The van der Waals surface area contributed by atoms with Crippen molar-refractivity contribution in [3.63, 3.8) is 0 Å². The monoisotopic (exact) mass is 1220 g/mol. The number of allylic oxidation sites excluding steroid dienone is 2. The molecule has 0 aromatic heterocycles. The van der Waals surface area contributed by atoms with Gasteiger partial charge in [0.2, 0.25) is 0 Å². The summed E-state index contributed by atoms with van der Waals surface area (Å²) in [5, 5.41) is 9.74. The zero-order valence-corrected chi connectivity index (χ0v) is 60.8. The van der Waals surface area contributed by atoms with Crippen LogP contribution in [0.4, 0.5) is 0 Å². The number of amides is 3. The van der Waals surface area contributed by atoms with E-state index in [0.717, 1.165) is 39.0 Å². The Bertz CT molecular complexity index is 2650. The molecule has 0 aliphatic carbocycles. The van der Waals surface area contributed by atoms with Gasteiger partial charge in [-0.25, -0.2) is 10.4 Å². The van der Waals surface area contributed by atoms with Crippen LogP contribution in [0.5, 0.6) is 11.5 Å².